The number of nitrogens with one attached hydrogen (secondary N) is 1. The lowest BCUT2D eigenvalue weighted by molar-refractivity contribution is -0.137. The Labute approximate surface area is 170 Å². The van der Waals surface area contributed by atoms with Crippen LogP contribution >= 0.6 is 0 Å². The minimum atomic E-state index is -1.41. The molecule has 0 aliphatic carbocycles. The summed E-state index contributed by atoms with van der Waals surface area (Å²) in [5, 5.41) is 20.7. The third-order valence-electron chi connectivity index (χ3n) is 3.33. The quantitative estimate of drug-likeness (QED) is 0.608. The summed E-state index contributed by atoms with van der Waals surface area (Å²) < 4.78 is 6.45. The summed E-state index contributed by atoms with van der Waals surface area (Å²) >= 11 is 0. The fourth-order valence-electron chi connectivity index (χ4n) is 2.15. The van der Waals surface area contributed by atoms with Gasteiger partial charge in [-0.05, 0) is 5.56 Å². The Bertz CT molecular complexity index is 834. The lowest BCUT2D eigenvalue weighted by atomic mass is 10.2. The fourth-order valence-corrected chi connectivity index (χ4v) is 2.15. The number of nitrogens with zero attached hydrogens (tertiary/aromatic N) is 2. The summed E-state index contributed by atoms with van der Waals surface area (Å²) in [6.45, 7) is 7.81. The van der Waals surface area contributed by atoms with Crippen molar-refractivity contribution in [3.63, 3.8) is 0 Å². The van der Waals surface area contributed by atoms with Crippen LogP contribution in [0.4, 0.5) is 5.95 Å². The van der Waals surface area contributed by atoms with E-state index in [1.54, 1.807) is 24.3 Å². The number of rotatable bonds is 8. The van der Waals surface area contributed by atoms with Gasteiger partial charge in [-0.2, -0.15) is 0 Å². The Hall–Kier alpha value is -3.36. The van der Waals surface area contributed by atoms with Crippen molar-refractivity contribution in [3.8, 4) is 5.75 Å². The number of ether oxygens (including phenoxy) is 1. The number of carbonyl (C=O) groups is 2. The molecule has 0 unspecified atom stereocenters. The van der Waals surface area contributed by atoms with Crippen LogP contribution in [0.3, 0.4) is 0 Å². The summed E-state index contributed by atoms with van der Waals surface area (Å²) in [4.78, 5) is 38.7. The highest BCUT2D eigenvalue weighted by molar-refractivity contribution is 5.88. The number of anilines is 1. The summed E-state index contributed by atoms with van der Waals surface area (Å²) in [7, 11) is 1.45. The van der Waals surface area contributed by atoms with Gasteiger partial charge in [0.05, 0.1) is 6.42 Å². The molecule has 1 heterocycles. The lowest BCUT2D eigenvalue weighted by Crippen LogP contribution is -2.29. The smallest absolute Gasteiger partial charge is 0.358 e. The number of aromatic carboxylic acids is 1. The summed E-state index contributed by atoms with van der Waals surface area (Å²) in [5.74, 6) is -2.98. The van der Waals surface area contributed by atoms with E-state index in [1.807, 2.05) is 33.8 Å². The molecule has 1 aromatic heterocycles. The molecule has 9 heteroatoms. The second kappa shape index (κ2) is 13.8. The van der Waals surface area contributed by atoms with Crippen LogP contribution in [0.2, 0.25) is 0 Å². The first-order chi connectivity index (χ1) is 13.9. The van der Waals surface area contributed by atoms with Crippen LogP contribution in [0.5, 0.6) is 5.75 Å². The Balaban J connectivity index is 0.00000184. The van der Waals surface area contributed by atoms with Crippen molar-refractivity contribution < 1.29 is 24.5 Å². The summed E-state index contributed by atoms with van der Waals surface area (Å²) in [6, 6.07) is 8.90. The fraction of sp³-hybridized carbons (Fsp3) is 0.400. The number of carboxylic acids is 2. The van der Waals surface area contributed by atoms with Crippen molar-refractivity contribution in [1.29, 1.82) is 0 Å². The molecule has 0 saturated carbocycles. The zero-order chi connectivity index (χ0) is 22.4. The summed E-state index contributed by atoms with van der Waals surface area (Å²) in [5.41, 5.74) is -0.543. The number of hydrogen-bond donors (Lipinski definition) is 3. The maximum Gasteiger partial charge on any atom is 0.358 e. The largest absolute Gasteiger partial charge is 0.481 e. The van der Waals surface area contributed by atoms with Crippen molar-refractivity contribution in [1.82, 2.24) is 9.55 Å². The lowest BCUT2D eigenvalue weighted by Gasteiger charge is -2.15. The first-order valence-electron chi connectivity index (χ1n) is 9.38. The standard InChI is InChI=1S/C16H17N3O6.2C2H6/c1-17-16-18-12(15(23)24)13(14(22)19(16)8-7-11(20)21)25-9-10-5-3-2-4-6-10;2*1-2/h2-6H,7-9H2,1H3,(H,17,18)(H,20,21)(H,23,24);2*1-2H3. The van der Waals surface area contributed by atoms with E-state index in [2.05, 4.69) is 10.3 Å². The summed E-state index contributed by atoms with van der Waals surface area (Å²) in [6.07, 6.45) is -0.319. The van der Waals surface area contributed by atoms with Crippen molar-refractivity contribution in [2.45, 2.75) is 47.3 Å². The zero-order valence-corrected chi connectivity index (χ0v) is 17.4. The van der Waals surface area contributed by atoms with Crippen molar-refractivity contribution in [2.24, 2.45) is 0 Å². The molecule has 9 nitrogen and oxygen atoms in total. The number of benzene rings is 1. The number of aliphatic carboxylic acids is 1. The molecule has 0 aliphatic rings. The van der Waals surface area contributed by atoms with Gasteiger partial charge >= 0.3 is 11.9 Å². The number of carboxylic acid groups (broad SMARTS) is 2. The minimum absolute atomic E-state index is 0.0180. The average molecular weight is 407 g/mol. The second-order valence-corrected chi connectivity index (χ2v) is 5.04. The van der Waals surface area contributed by atoms with Gasteiger partial charge in [-0.25, -0.2) is 9.78 Å². The molecule has 1 aromatic carbocycles. The molecule has 29 heavy (non-hydrogen) atoms. The maximum atomic E-state index is 12.6. The minimum Gasteiger partial charge on any atom is -0.481 e. The van der Waals surface area contributed by atoms with E-state index < -0.39 is 28.9 Å². The van der Waals surface area contributed by atoms with E-state index in [0.717, 1.165) is 10.1 Å². The predicted molar refractivity (Wildman–Crippen MR) is 111 cm³/mol. The van der Waals surface area contributed by atoms with Crippen molar-refractivity contribution in [3.05, 3.63) is 51.9 Å². The predicted octanol–water partition coefficient (Wildman–Crippen LogP) is 3.09. The monoisotopic (exact) mass is 407 g/mol. The molecule has 2 rings (SSSR count). The van der Waals surface area contributed by atoms with Gasteiger partial charge in [0, 0.05) is 13.6 Å². The highest BCUT2D eigenvalue weighted by Gasteiger charge is 2.22. The molecule has 0 fully saturated rings. The van der Waals surface area contributed by atoms with Gasteiger partial charge in [-0.3, -0.25) is 14.2 Å². The first-order valence-corrected chi connectivity index (χ1v) is 9.38. The van der Waals surface area contributed by atoms with Gasteiger partial charge in [0.25, 0.3) is 5.56 Å². The first kappa shape index (κ1) is 25.6. The molecule has 3 N–H and O–H groups in total. The van der Waals surface area contributed by atoms with Crippen molar-refractivity contribution >= 4 is 17.9 Å². The van der Waals surface area contributed by atoms with E-state index in [4.69, 9.17) is 9.84 Å². The normalized spacial score (nSPS) is 9.28. The zero-order valence-electron chi connectivity index (χ0n) is 17.4. The van der Waals surface area contributed by atoms with Gasteiger partial charge in [0.2, 0.25) is 11.7 Å². The van der Waals surface area contributed by atoms with Crippen LogP contribution in [0.25, 0.3) is 0 Å². The highest BCUT2D eigenvalue weighted by Crippen LogP contribution is 2.16. The Morgan fingerprint density at radius 1 is 1.10 bits per heavy atom. The Morgan fingerprint density at radius 2 is 1.69 bits per heavy atom. The Kier molecular flexibility index (Phi) is 12.2. The molecular formula is C20H29N3O6. The Morgan fingerprint density at radius 3 is 2.17 bits per heavy atom. The molecular weight excluding hydrogens is 378 g/mol. The van der Waals surface area contributed by atoms with Gasteiger partial charge in [-0.1, -0.05) is 58.0 Å². The van der Waals surface area contributed by atoms with Gasteiger partial charge < -0.3 is 20.3 Å². The maximum absolute atomic E-state index is 12.6. The topological polar surface area (TPSA) is 131 Å². The molecule has 0 bridgehead atoms. The van der Waals surface area contributed by atoms with E-state index in [-0.39, 0.29) is 25.5 Å². The van der Waals surface area contributed by atoms with E-state index in [9.17, 15) is 19.5 Å². The van der Waals surface area contributed by atoms with Gasteiger partial charge in [0.1, 0.15) is 6.61 Å². The van der Waals surface area contributed by atoms with Crippen LogP contribution < -0.4 is 15.6 Å². The SMILES string of the molecule is CC.CC.CNc1nc(C(=O)O)c(OCc2ccccc2)c(=O)n1CCC(=O)O. The molecule has 0 saturated heterocycles. The molecule has 0 spiro atoms. The van der Waals surface area contributed by atoms with Crippen LogP contribution in [-0.4, -0.2) is 38.8 Å². The molecule has 0 radical (unpaired) electrons. The van der Waals surface area contributed by atoms with E-state index >= 15 is 0 Å². The third-order valence-corrected chi connectivity index (χ3v) is 3.33. The molecule has 0 aliphatic heterocycles. The van der Waals surface area contributed by atoms with Gasteiger partial charge in [0.15, 0.2) is 5.69 Å². The molecule has 0 atom stereocenters. The van der Waals surface area contributed by atoms with Crippen LogP contribution in [0.1, 0.15) is 50.2 Å². The van der Waals surface area contributed by atoms with Gasteiger partial charge in [-0.15, -0.1) is 0 Å². The average Bonchev–Trinajstić information content (AvgIpc) is 2.74. The van der Waals surface area contributed by atoms with E-state index in [0.29, 0.717) is 0 Å². The number of aromatic nitrogens is 2. The highest BCUT2D eigenvalue weighted by atomic mass is 16.5. The van der Waals surface area contributed by atoms with Crippen LogP contribution in [0.15, 0.2) is 35.1 Å². The molecule has 2 aromatic rings. The van der Waals surface area contributed by atoms with Crippen molar-refractivity contribution in [2.75, 3.05) is 12.4 Å². The number of hydrogen-bond acceptors (Lipinski definition) is 6. The van der Waals surface area contributed by atoms with Crippen LogP contribution in [-0.2, 0) is 17.9 Å². The second-order valence-electron chi connectivity index (χ2n) is 5.04. The van der Waals surface area contributed by atoms with E-state index in [1.165, 1.54) is 7.05 Å². The third kappa shape index (κ3) is 7.65. The van der Waals surface area contributed by atoms with Crippen LogP contribution in [0, 0.1) is 0 Å². The molecule has 160 valence electrons. The molecule has 0 amide bonds.